The maximum atomic E-state index is 10.4. The van der Waals surface area contributed by atoms with Crippen LogP contribution in [-0.4, -0.2) is 5.43 Å². The van der Waals surface area contributed by atoms with Crippen molar-refractivity contribution in [2.75, 3.05) is 0 Å². The number of rotatable bonds is 1. The largest absolute Gasteiger partial charge is 0.414 e. The molecule has 0 aliphatic rings. The van der Waals surface area contributed by atoms with Gasteiger partial charge < -0.3 is 4.74 Å². The van der Waals surface area contributed by atoms with Crippen LogP contribution in [0.15, 0.2) is 18.2 Å². The van der Waals surface area contributed by atoms with Gasteiger partial charge in [-0.05, 0) is 31.0 Å². The van der Waals surface area contributed by atoms with Crippen LogP contribution in [0, 0.1) is 13.8 Å². The first-order chi connectivity index (χ1) is 5.59. The molecule has 0 heterocycles. The van der Waals surface area contributed by atoms with Gasteiger partial charge in [-0.1, -0.05) is 12.1 Å². The van der Waals surface area contributed by atoms with Crippen molar-refractivity contribution >= 4 is 17.0 Å². The molecule has 64 valence electrons. The quantitative estimate of drug-likeness (QED) is 0.627. The van der Waals surface area contributed by atoms with Crippen LogP contribution in [0.4, 0.5) is 4.79 Å². The fourth-order valence-corrected chi connectivity index (χ4v) is 0.987. The summed E-state index contributed by atoms with van der Waals surface area (Å²) in [7, 11) is 0. The van der Waals surface area contributed by atoms with E-state index in [1.54, 1.807) is 6.07 Å². The highest BCUT2D eigenvalue weighted by atomic mass is 35.5. The van der Waals surface area contributed by atoms with E-state index in [1.807, 2.05) is 26.0 Å². The first-order valence-electron chi connectivity index (χ1n) is 3.54. The topological polar surface area (TPSA) is 26.3 Å². The van der Waals surface area contributed by atoms with E-state index in [0.29, 0.717) is 5.75 Å². The van der Waals surface area contributed by atoms with Crippen molar-refractivity contribution in [1.82, 2.24) is 0 Å². The van der Waals surface area contributed by atoms with E-state index in [2.05, 4.69) is 0 Å². The average Bonchev–Trinajstić information content (AvgIpc) is 1.96. The third-order valence-electron chi connectivity index (χ3n) is 1.53. The van der Waals surface area contributed by atoms with Crippen molar-refractivity contribution in [3.05, 3.63) is 29.3 Å². The molecule has 3 heteroatoms. The minimum Gasteiger partial charge on any atom is -0.414 e. The Hall–Kier alpha value is -1.02. The molecule has 0 atom stereocenters. The molecule has 1 aromatic rings. The van der Waals surface area contributed by atoms with Gasteiger partial charge in [-0.3, -0.25) is 0 Å². The Bertz CT molecular complexity index is 307. The normalized spacial score (nSPS) is 9.58. The third kappa shape index (κ3) is 2.24. The van der Waals surface area contributed by atoms with Crippen LogP contribution in [0.5, 0.6) is 5.75 Å². The van der Waals surface area contributed by atoms with Crippen LogP contribution in [0.2, 0.25) is 0 Å². The molecule has 0 amide bonds. The third-order valence-corrected chi connectivity index (χ3v) is 1.61. The zero-order valence-electron chi connectivity index (χ0n) is 6.93. The number of hydrogen-bond acceptors (Lipinski definition) is 2. The summed E-state index contributed by atoms with van der Waals surface area (Å²) in [4.78, 5) is 10.4. The molecule has 0 radical (unpaired) electrons. The molecule has 0 bridgehead atoms. The molecule has 0 unspecified atom stereocenters. The molecule has 12 heavy (non-hydrogen) atoms. The Labute approximate surface area is 76.1 Å². The average molecular weight is 185 g/mol. The van der Waals surface area contributed by atoms with Crippen LogP contribution in [0.3, 0.4) is 0 Å². The Kier molecular flexibility index (Phi) is 2.71. The van der Waals surface area contributed by atoms with Crippen molar-refractivity contribution in [1.29, 1.82) is 0 Å². The van der Waals surface area contributed by atoms with Gasteiger partial charge in [0.1, 0.15) is 5.75 Å². The van der Waals surface area contributed by atoms with Crippen molar-refractivity contribution in [3.8, 4) is 5.75 Å². The van der Waals surface area contributed by atoms with Crippen molar-refractivity contribution in [2.24, 2.45) is 0 Å². The lowest BCUT2D eigenvalue weighted by Crippen LogP contribution is -1.98. The lowest BCUT2D eigenvalue weighted by molar-refractivity contribution is 0.225. The molecule has 1 aromatic carbocycles. The molecule has 0 aliphatic heterocycles. The fraction of sp³-hybridized carbons (Fsp3) is 0.222. The standard InChI is InChI=1S/C9H9ClO2/c1-6-3-4-7(2)8(5-6)12-9(10)11/h3-5H,1-2H3. The summed E-state index contributed by atoms with van der Waals surface area (Å²) in [6.45, 7) is 3.78. The van der Waals surface area contributed by atoms with Gasteiger partial charge in [0.05, 0.1) is 0 Å². The van der Waals surface area contributed by atoms with E-state index in [1.165, 1.54) is 0 Å². The molecular weight excluding hydrogens is 176 g/mol. The number of carbonyl (C=O) groups is 1. The predicted molar refractivity (Wildman–Crippen MR) is 47.8 cm³/mol. The second-order valence-electron chi connectivity index (χ2n) is 2.61. The summed E-state index contributed by atoms with van der Waals surface area (Å²) < 4.78 is 4.75. The molecular formula is C9H9ClO2. The number of hydrogen-bond donors (Lipinski definition) is 0. The number of aryl methyl sites for hydroxylation is 2. The Morgan fingerprint density at radius 1 is 1.42 bits per heavy atom. The number of ether oxygens (including phenoxy) is 1. The molecule has 0 aromatic heterocycles. The van der Waals surface area contributed by atoms with E-state index in [4.69, 9.17) is 16.3 Å². The van der Waals surface area contributed by atoms with E-state index in [9.17, 15) is 4.79 Å². The maximum absolute atomic E-state index is 10.4. The van der Waals surface area contributed by atoms with Crippen LogP contribution < -0.4 is 4.74 Å². The molecule has 2 nitrogen and oxygen atoms in total. The fourth-order valence-electron chi connectivity index (χ4n) is 0.904. The predicted octanol–water partition coefficient (Wildman–Crippen LogP) is 3.04. The van der Waals surface area contributed by atoms with Gasteiger partial charge in [0.15, 0.2) is 0 Å². The second-order valence-corrected chi connectivity index (χ2v) is 2.92. The van der Waals surface area contributed by atoms with Crippen molar-refractivity contribution < 1.29 is 9.53 Å². The van der Waals surface area contributed by atoms with Crippen LogP contribution in [0.25, 0.3) is 0 Å². The first-order valence-corrected chi connectivity index (χ1v) is 3.92. The minimum absolute atomic E-state index is 0.523. The van der Waals surface area contributed by atoms with Crippen molar-refractivity contribution in [3.63, 3.8) is 0 Å². The molecule has 0 aliphatic carbocycles. The van der Waals surface area contributed by atoms with Crippen LogP contribution in [0.1, 0.15) is 11.1 Å². The SMILES string of the molecule is Cc1ccc(C)c(OC(=O)Cl)c1. The van der Waals surface area contributed by atoms with E-state index >= 15 is 0 Å². The summed E-state index contributed by atoms with van der Waals surface area (Å²) in [6, 6.07) is 5.60. The summed E-state index contributed by atoms with van der Waals surface area (Å²) in [5.74, 6) is 0.523. The first kappa shape index (κ1) is 9.07. The molecule has 0 N–H and O–H groups in total. The molecule has 0 saturated carbocycles. The highest BCUT2D eigenvalue weighted by Gasteiger charge is 2.03. The van der Waals surface area contributed by atoms with Gasteiger partial charge >= 0.3 is 5.43 Å². The number of carbonyl (C=O) groups excluding carboxylic acids is 1. The summed E-state index contributed by atoms with van der Waals surface area (Å²) in [5.41, 5.74) is 1.13. The van der Waals surface area contributed by atoms with Crippen LogP contribution >= 0.6 is 11.6 Å². The second kappa shape index (κ2) is 3.59. The lowest BCUT2D eigenvalue weighted by atomic mass is 10.1. The highest BCUT2D eigenvalue weighted by molar-refractivity contribution is 6.61. The van der Waals surface area contributed by atoms with Crippen molar-refractivity contribution in [2.45, 2.75) is 13.8 Å². The van der Waals surface area contributed by atoms with Gasteiger partial charge in [-0.15, -0.1) is 0 Å². The molecule has 0 spiro atoms. The lowest BCUT2D eigenvalue weighted by Gasteiger charge is -2.04. The van der Waals surface area contributed by atoms with Gasteiger partial charge in [0.2, 0.25) is 0 Å². The van der Waals surface area contributed by atoms with Gasteiger partial charge in [-0.25, -0.2) is 4.79 Å². The minimum atomic E-state index is -0.802. The van der Waals surface area contributed by atoms with Gasteiger partial charge in [0, 0.05) is 11.6 Å². The zero-order valence-corrected chi connectivity index (χ0v) is 7.68. The van der Waals surface area contributed by atoms with Gasteiger partial charge in [0.25, 0.3) is 0 Å². The molecule has 1 rings (SSSR count). The van der Waals surface area contributed by atoms with E-state index < -0.39 is 5.43 Å². The smallest absolute Gasteiger partial charge is 0.409 e. The monoisotopic (exact) mass is 184 g/mol. The summed E-state index contributed by atoms with van der Waals surface area (Å²) >= 11 is 5.08. The highest BCUT2D eigenvalue weighted by Crippen LogP contribution is 2.19. The summed E-state index contributed by atoms with van der Waals surface area (Å²) in [6.07, 6.45) is 0. The Balaban J connectivity index is 2.97. The Morgan fingerprint density at radius 2 is 2.08 bits per heavy atom. The maximum Gasteiger partial charge on any atom is 0.409 e. The number of benzene rings is 1. The zero-order chi connectivity index (χ0) is 9.14. The van der Waals surface area contributed by atoms with Crippen LogP contribution in [-0.2, 0) is 0 Å². The molecule has 0 saturated heterocycles. The molecule has 0 fully saturated rings. The van der Waals surface area contributed by atoms with E-state index in [-0.39, 0.29) is 0 Å². The number of halogens is 1. The summed E-state index contributed by atoms with van der Waals surface area (Å²) in [5, 5.41) is 0. The van der Waals surface area contributed by atoms with E-state index in [0.717, 1.165) is 11.1 Å². The Morgan fingerprint density at radius 3 is 2.67 bits per heavy atom. The van der Waals surface area contributed by atoms with Gasteiger partial charge in [-0.2, -0.15) is 0 Å².